The first kappa shape index (κ1) is 11.3. The van der Waals surface area contributed by atoms with Crippen LogP contribution in [-0.2, 0) is 10.5 Å². The molecule has 1 aromatic carbocycles. The lowest BCUT2D eigenvalue weighted by atomic mass is 9.99. The zero-order valence-electron chi connectivity index (χ0n) is 9.32. The van der Waals surface area contributed by atoms with Crippen molar-refractivity contribution < 1.29 is 9.53 Å². The number of benzene rings is 1. The molecule has 1 heterocycles. The van der Waals surface area contributed by atoms with E-state index in [2.05, 4.69) is 10.6 Å². The van der Waals surface area contributed by atoms with Gasteiger partial charge < -0.3 is 10.1 Å². The molecule has 0 spiro atoms. The van der Waals surface area contributed by atoms with Gasteiger partial charge in [-0.05, 0) is 6.07 Å². The number of carbonyl (C=O) groups is 1. The zero-order chi connectivity index (χ0) is 11.4. The monoisotopic (exact) mass is 220 g/mol. The summed E-state index contributed by atoms with van der Waals surface area (Å²) in [6, 6.07) is 7.49. The lowest BCUT2D eigenvalue weighted by Crippen LogP contribution is -2.57. The fraction of sp³-hybridized carbons (Fsp3) is 0.417. The van der Waals surface area contributed by atoms with Crippen molar-refractivity contribution in [2.45, 2.75) is 5.72 Å². The second-order valence-electron chi connectivity index (χ2n) is 3.88. The second-order valence-corrected chi connectivity index (χ2v) is 3.88. The zero-order valence-corrected chi connectivity index (χ0v) is 9.32. The minimum absolute atomic E-state index is 0.517. The lowest BCUT2D eigenvalue weighted by Gasteiger charge is -2.38. The topological polar surface area (TPSA) is 50.4 Å². The van der Waals surface area contributed by atoms with Crippen LogP contribution in [0.2, 0.25) is 0 Å². The molecule has 0 unspecified atom stereocenters. The SMILES string of the molecule is CO[C@@]1(c2cccc(C=O)c2)CNCCN1. The molecule has 1 atom stereocenters. The van der Waals surface area contributed by atoms with E-state index >= 15 is 0 Å². The summed E-state index contributed by atoms with van der Waals surface area (Å²) in [5.41, 5.74) is 1.13. The maximum absolute atomic E-state index is 10.8. The Morgan fingerprint density at radius 1 is 1.44 bits per heavy atom. The van der Waals surface area contributed by atoms with Crippen molar-refractivity contribution in [3.63, 3.8) is 0 Å². The van der Waals surface area contributed by atoms with Crippen LogP contribution in [0.1, 0.15) is 15.9 Å². The average molecular weight is 220 g/mol. The highest BCUT2D eigenvalue weighted by atomic mass is 16.5. The standard InChI is InChI=1S/C12H16N2O2/c1-16-12(9-13-5-6-14-12)11-4-2-3-10(7-11)8-15/h2-4,7-8,13-14H,5-6,9H2,1H3/t12-/m1/s1. The van der Waals surface area contributed by atoms with Gasteiger partial charge in [0, 0.05) is 37.9 Å². The van der Waals surface area contributed by atoms with Crippen molar-refractivity contribution in [2.75, 3.05) is 26.7 Å². The van der Waals surface area contributed by atoms with Gasteiger partial charge in [-0.1, -0.05) is 18.2 Å². The third-order valence-corrected chi connectivity index (χ3v) is 2.92. The van der Waals surface area contributed by atoms with E-state index in [9.17, 15) is 4.79 Å². The van der Waals surface area contributed by atoms with Gasteiger partial charge in [0.2, 0.25) is 0 Å². The maximum Gasteiger partial charge on any atom is 0.157 e. The molecule has 0 aliphatic carbocycles. The molecule has 2 N–H and O–H groups in total. The van der Waals surface area contributed by atoms with Crippen molar-refractivity contribution in [1.29, 1.82) is 0 Å². The number of ether oxygens (including phenoxy) is 1. The number of nitrogens with one attached hydrogen (secondary N) is 2. The summed E-state index contributed by atoms with van der Waals surface area (Å²) in [5, 5.41) is 6.64. The van der Waals surface area contributed by atoms with Gasteiger partial charge in [-0.15, -0.1) is 0 Å². The Morgan fingerprint density at radius 2 is 2.31 bits per heavy atom. The molecule has 0 bridgehead atoms. The Balaban J connectivity index is 2.34. The molecule has 0 radical (unpaired) electrons. The van der Waals surface area contributed by atoms with E-state index in [1.807, 2.05) is 18.2 Å². The Hall–Kier alpha value is -1.23. The summed E-state index contributed by atoms with van der Waals surface area (Å²) < 4.78 is 5.57. The highest BCUT2D eigenvalue weighted by molar-refractivity contribution is 5.75. The van der Waals surface area contributed by atoms with E-state index in [0.717, 1.165) is 24.9 Å². The summed E-state index contributed by atoms with van der Waals surface area (Å²) >= 11 is 0. The summed E-state index contributed by atoms with van der Waals surface area (Å²) in [5.74, 6) is 0. The van der Waals surface area contributed by atoms with Gasteiger partial charge in [-0.3, -0.25) is 10.1 Å². The Morgan fingerprint density at radius 3 is 2.94 bits per heavy atom. The summed E-state index contributed by atoms with van der Waals surface area (Å²) in [4.78, 5) is 10.8. The number of hydrogen-bond donors (Lipinski definition) is 2. The molecule has 0 saturated carbocycles. The fourth-order valence-electron chi connectivity index (χ4n) is 2.01. The highest BCUT2D eigenvalue weighted by Crippen LogP contribution is 2.23. The van der Waals surface area contributed by atoms with E-state index < -0.39 is 5.72 Å². The molecule has 4 nitrogen and oxygen atoms in total. The Labute approximate surface area is 95.0 Å². The first-order chi connectivity index (χ1) is 7.80. The summed E-state index contributed by atoms with van der Waals surface area (Å²) in [6.07, 6.45) is 0.850. The molecule has 16 heavy (non-hydrogen) atoms. The number of methoxy groups -OCH3 is 1. The predicted molar refractivity (Wildman–Crippen MR) is 61.4 cm³/mol. The molecule has 0 amide bonds. The van der Waals surface area contributed by atoms with E-state index in [-0.39, 0.29) is 0 Å². The Kier molecular flexibility index (Phi) is 3.33. The van der Waals surface area contributed by atoms with Crippen LogP contribution in [-0.4, -0.2) is 33.0 Å². The first-order valence-electron chi connectivity index (χ1n) is 5.37. The number of piperazine rings is 1. The Bertz CT molecular complexity index is 373. The number of aldehydes is 1. The van der Waals surface area contributed by atoms with Crippen molar-refractivity contribution in [1.82, 2.24) is 10.6 Å². The van der Waals surface area contributed by atoms with Gasteiger partial charge in [0.1, 0.15) is 6.29 Å². The molecule has 86 valence electrons. The van der Waals surface area contributed by atoms with Crippen LogP contribution in [0.5, 0.6) is 0 Å². The number of carbonyl (C=O) groups excluding carboxylic acids is 1. The average Bonchev–Trinajstić information content (AvgIpc) is 2.39. The first-order valence-corrected chi connectivity index (χ1v) is 5.37. The molecule has 0 aromatic heterocycles. The van der Waals surface area contributed by atoms with Crippen LogP contribution in [0, 0.1) is 0 Å². The molecule has 1 saturated heterocycles. The van der Waals surface area contributed by atoms with Crippen molar-refractivity contribution in [3.8, 4) is 0 Å². The quantitative estimate of drug-likeness (QED) is 0.728. The van der Waals surface area contributed by atoms with Crippen molar-refractivity contribution >= 4 is 6.29 Å². The fourth-order valence-corrected chi connectivity index (χ4v) is 2.01. The normalized spacial score (nSPS) is 25.3. The van der Waals surface area contributed by atoms with Crippen molar-refractivity contribution in [2.24, 2.45) is 0 Å². The molecular formula is C12H16N2O2. The molecule has 1 aliphatic heterocycles. The smallest absolute Gasteiger partial charge is 0.157 e. The van der Waals surface area contributed by atoms with Crippen LogP contribution >= 0.6 is 0 Å². The lowest BCUT2D eigenvalue weighted by molar-refractivity contribution is -0.0536. The van der Waals surface area contributed by atoms with Crippen LogP contribution in [0.25, 0.3) is 0 Å². The minimum Gasteiger partial charge on any atom is -0.358 e. The van der Waals surface area contributed by atoms with Gasteiger partial charge in [0.05, 0.1) is 0 Å². The third-order valence-electron chi connectivity index (χ3n) is 2.92. The van der Waals surface area contributed by atoms with Crippen LogP contribution in [0.15, 0.2) is 24.3 Å². The molecule has 1 aromatic rings. The molecule has 4 heteroatoms. The number of hydrogen-bond acceptors (Lipinski definition) is 4. The third kappa shape index (κ3) is 2.00. The molecule has 1 aliphatic rings. The van der Waals surface area contributed by atoms with Gasteiger partial charge in [-0.2, -0.15) is 0 Å². The van der Waals surface area contributed by atoms with E-state index in [1.54, 1.807) is 13.2 Å². The number of rotatable bonds is 3. The predicted octanol–water partition coefficient (Wildman–Crippen LogP) is 0.491. The second kappa shape index (κ2) is 4.74. The van der Waals surface area contributed by atoms with Gasteiger partial charge >= 0.3 is 0 Å². The highest BCUT2D eigenvalue weighted by Gasteiger charge is 2.33. The van der Waals surface area contributed by atoms with E-state index in [0.29, 0.717) is 12.1 Å². The van der Waals surface area contributed by atoms with Crippen LogP contribution < -0.4 is 10.6 Å². The van der Waals surface area contributed by atoms with Gasteiger partial charge in [0.15, 0.2) is 5.72 Å². The van der Waals surface area contributed by atoms with E-state index in [1.165, 1.54) is 0 Å². The molecule has 2 rings (SSSR count). The summed E-state index contributed by atoms with van der Waals surface area (Å²) in [6.45, 7) is 2.48. The molecular weight excluding hydrogens is 204 g/mol. The van der Waals surface area contributed by atoms with Gasteiger partial charge in [0.25, 0.3) is 0 Å². The van der Waals surface area contributed by atoms with Crippen molar-refractivity contribution in [3.05, 3.63) is 35.4 Å². The largest absolute Gasteiger partial charge is 0.358 e. The maximum atomic E-state index is 10.8. The van der Waals surface area contributed by atoms with Crippen LogP contribution in [0.3, 0.4) is 0 Å². The van der Waals surface area contributed by atoms with E-state index in [4.69, 9.17) is 4.74 Å². The minimum atomic E-state index is -0.517. The van der Waals surface area contributed by atoms with Gasteiger partial charge in [-0.25, -0.2) is 0 Å². The molecule has 1 fully saturated rings. The van der Waals surface area contributed by atoms with Crippen LogP contribution in [0.4, 0.5) is 0 Å². The summed E-state index contributed by atoms with van der Waals surface area (Å²) in [7, 11) is 1.67.